The fourth-order valence-corrected chi connectivity index (χ4v) is 7.57. The zero-order valence-electron chi connectivity index (χ0n) is 35.7. The Labute approximate surface area is 334 Å². The molecule has 0 saturated heterocycles. The van der Waals surface area contributed by atoms with E-state index in [2.05, 4.69) is 13.8 Å². The zero-order valence-corrected chi connectivity index (χ0v) is 36.6. The molecule has 1 unspecified atom stereocenters. The number of phosphoric acid groups is 1. The van der Waals surface area contributed by atoms with E-state index in [0.717, 1.165) is 32.1 Å². The largest absolute Gasteiger partial charge is 0.492 e. The SMILES string of the molecule is CCCCCCCCCCCCCCC=CO[C@H](COC(=O)CCCCCCCCCCCCCCCCCCCCCCC)COP(=O)(O)OCCN. The Bertz CT molecular complexity index is 843. The standard InChI is InChI=1S/C45H90NO7P/c1-3-5-7-9-11-13-15-17-19-20-21-22-23-24-25-26-28-30-32-34-36-38-45(47)51-42-44(43-53-54(48,49)52-41-39-46)50-40-37-35-33-31-29-27-18-16-14-12-10-8-6-4-2/h37,40,44H,3-36,38-39,41-43,46H2,1-2H3,(H,48,49)/t44-/m1/s1. The molecule has 0 aliphatic rings. The van der Waals surface area contributed by atoms with E-state index >= 15 is 0 Å². The summed E-state index contributed by atoms with van der Waals surface area (Å²) in [6.45, 7) is 4.26. The Kier molecular flexibility index (Phi) is 42.5. The molecule has 2 atom stereocenters. The third kappa shape index (κ3) is 42.2. The van der Waals surface area contributed by atoms with Crippen molar-refractivity contribution in [2.75, 3.05) is 26.4 Å². The first-order chi connectivity index (χ1) is 26.4. The van der Waals surface area contributed by atoms with Gasteiger partial charge in [-0.3, -0.25) is 13.8 Å². The minimum absolute atomic E-state index is 0.0576. The first-order valence-corrected chi connectivity index (χ1v) is 24.7. The fraction of sp³-hybridized carbons (Fsp3) is 0.933. The summed E-state index contributed by atoms with van der Waals surface area (Å²) in [7, 11) is -4.26. The van der Waals surface area contributed by atoms with E-state index in [4.69, 9.17) is 24.3 Å². The van der Waals surface area contributed by atoms with Crippen molar-refractivity contribution < 1.29 is 32.8 Å². The van der Waals surface area contributed by atoms with Crippen molar-refractivity contribution in [1.29, 1.82) is 0 Å². The van der Waals surface area contributed by atoms with Gasteiger partial charge in [0.05, 0.1) is 19.5 Å². The fourth-order valence-electron chi connectivity index (χ4n) is 6.81. The lowest BCUT2D eigenvalue weighted by molar-refractivity contribution is -0.147. The maximum absolute atomic E-state index is 12.4. The summed E-state index contributed by atoms with van der Waals surface area (Å²) in [5, 5.41) is 0. The molecule has 0 aliphatic heterocycles. The Balaban J connectivity index is 3.94. The molecule has 0 aromatic heterocycles. The van der Waals surface area contributed by atoms with E-state index in [9.17, 15) is 14.3 Å². The number of hydrogen-bond acceptors (Lipinski definition) is 7. The molecule has 0 bridgehead atoms. The van der Waals surface area contributed by atoms with E-state index in [1.54, 1.807) is 6.26 Å². The summed E-state index contributed by atoms with van der Waals surface area (Å²) in [5.41, 5.74) is 5.37. The van der Waals surface area contributed by atoms with Crippen molar-refractivity contribution in [2.24, 2.45) is 5.73 Å². The van der Waals surface area contributed by atoms with Crippen LogP contribution in [-0.4, -0.2) is 43.3 Å². The molecular formula is C45H90NO7P. The van der Waals surface area contributed by atoms with Crippen LogP contribution in [0.25, 0.3) is 0 Å². The molecule has 0 spiro atoms. The molecule has 54 heavy (non-hydrogen) atoms. The monoisotopic (exact) mass is 788 g/mol. The predicted molar refractivity (Wildman–Crippen MR) is 229 cm³/mol. The first-order valence-electron chi connectivity index (χ1n) is 23.2. The second-order valence-electron chi connectivity index (χ2n) is 15.7. The van der Waals surface area contributed by atoms with Gasteiger partial charge < -0.3 is 20.1 Å². The van der Waals surface area contributed by atoms with Gasteiger partial charge in [-0.1, -0.05) is 213 Å². The molecule has 0 aromatic rings. The van der Waals surface area contributed by atoms with Crippen LogP contribution in [0.1, 0.15) is 239 Å². The van der Waals surface area contributed by atoms with Crippen LogP contribution in [0.15, 0.2) is 12.3 Å². The number of carbonyl (C=O) groups is 1. The minimum atomic E-state index is -4.26. The maximum Gasteiger partial charge on any atom is 0.472 e. The lowest BCUT2D eigenvalue weighted by Gasteiger charge is -2.19. The van der Waals surface area contributed by atoms with Crippen LogP contribution in [0.2, 0.25) is 0 Å². The summed E-state index contributed by atoms with van der Waals surface area (Å²) in [6, 6.07) is 0. The molecule has 0 radical (unpaired) electrons. The van der Waals surface area contributed by atoms with E-state index in [1.165, 1.54) is 186 Å². The maximum atomic E-state index is 12.4. The van der Waals surface area contributed by atoms with Crippen molar-refractivity contribution in [2.45, 2.75) is 245 Å². The van der Waals surface area contributed by atoms with E-state index in [-0.39, 0.29) is 32.3 Å². The van der Waals surface area contributed by atoms with Gasteiger partial charge >= 0.3 is 13.8 Å². The molecule has 8 nitrogen and oxygen atoms in total. The number of carbonyl (C=O) groups excluding carboxylic acids is 1. The van der Waals surface area contributed by atoms with Gasteiger partial charge in [-0.25, -0.2) is 4.57 Å². The summed E-state index contributed by atoms with van der Waals surface area (Å²) < 4.78 is 33.2. The Morgan fingerprint density at radius 2 is 0.926 bits per heavy atom. The van der Waals surface area contributed by atoms with Gasteiger partial charge in [-0.2, -0.15) is 0 Å². The number of allylic oxidation sites excluding steroid dienone is 1. The van der Waals surface area contributed by atoms with Crippen molar-refractivity contribution in [3.8, 4) is 0 Å². The quantitative estimate of drug-likeness (QED) is 0.0271. The molecule has 3 N–H and O–H groups in total. The van der Waals surface area contributed by atoms with E-state index in [1.807, 2.05) is 6.08 Å². The van der Waals surface area contributed by atoms with Gasteiger partial charge in [0.1, 0.15) is 6.61 Å². The van der Waals surface area contributed by atoms with Crippen molar-refractivity contribution in [1.82, 2.24) is 0 Å². The van der Waals surface area contributed by atoms with Crippen molar-refractivity contribution in [3.63, 3.8) is 0 Å². The number of rotatable bonds is 45. The molecular weight excluding hydrogens is 697 g/mol. The van der Waals surface area contributed by atoms with Gasteiger partial charge in [0, 0.05) is 13.0 Å². The molecule has 0 rings (SSSR count). The number of unbranched alkanes of at least 4 members (excludes halogenated alkanes) is 32. The smallest absolute Gasteiger partial charge is 0.472 e. The Morgan fingerprint density at radius 3 is 1.31 bits per heavy atom. The van der Waals surface area contributed by atoms with E-state index < -0.39 is 13.9 Å². The summed E-state index contributed by atoms with van der Waals surface area (Å²) in [6.07, 6.45) is 47.7. The van der Waals surface area contributed by atoms with Crippen LogP contribution >= 0.6 is 7.82 Å². The van der Waals surface area contributed by atoms with Gasteiger partial charge in [0.25, 0.3) is 0 Å². The number of hydrogen-bond donors (Lipinski definition) is 2. The van der Waals surface area contributed by atoms with Gasteiger partial charge in [-0.05, 0) is 25.3 Å². The lowest BCUT2D eigenvalue weighted by atomic mass is 10.0. The van der Waals surface area contributed by atoms with Gasteiger partial charge in [0.15, 0.2) is 6.10 Å². The van der Waals surface area contributed by atoms with Crippen LogP contribution in [0.5, 0.6) is 0 Å². The second kappa shape index (κ2) is 43.2. The average Bonchev–Trinajstić information content (AvgIpc) is 3.16. The molecule has 0 aliphatic carbocycles. The van der Waals surface area contributed by atoms with Crippen LogP contribution < -0.4 is 5.73 Å². The summed E-state index contributed by atoms with van der Waals surface area (Å²) in [4.78, 5) is 22.3. The number of phosphoric ester groups is 1. The topological polar surface area (TPSA) is 117 Å². The predicted octanol–water partition coefficient (Wildman–Crippen LogP) is 14.2. The molecule has 0 saturated carbocycles. The Hall–Kier alpha value is -0.920. The highest BCUT2D eigenvalue weighted by molar-refractivity contribution is 7.47. The van der Waals surface area contributed by atoms with E-state index in [0.29, 0.717) is 6.42 Å². The highest BCUT2D eigenvalue weighted by Crippen LogP contribution is 2.43. The second-order valence-corrected chi connectivity index (χ2v) is 17.2. The minimum Gasteiger partial charge on any atom is -0.492 e. The van der Waals surface area contributed by atoms with Crippen LogP contribution in [-0.2, 0) is 27.9 Å². The van der Waals surface area contributed by atoms with Crippen LogP contribution in [0, 0.1) is 0 Å². The number of esters is 1. The molecule has 0 heterocycles. The zero-order chi connectivity index (χ0) is 39.5. The molecule has 9 heteroatoms. The van der Waals surface area contributed by atoms with Gasteiger partial charge in [-0.15, -0.1) is 0 Å². The normalized spacial score (nSPS) is 13.4. The molecule has 0 aromatic carbocycles. The molecule has 0 fully saturated rings. The highest BCUT2D eigenvalue weighted by Gasteiger charge is 2.24. The average molecular weight is 788 g/mol. The van der Waals surface area contributed by atoms with Crippen LogP contribution in [0.4, 0.5) is 0 Å². The summed E-state index contributed by atoms with van der Waals surface area (Å²) in [5.74, 6) is -0.284. The summed E-state index contributed by atoms with van der Waals surface area (Å²) >= 11 is 0. The van der Waals surface area contributed by atoms with Crippen LogP contribution in [0.3, 0.4) is 0 Å². The molecule has 0 amide bonds. The van der Waals surface area contributed by atoms with Crippen molar-refractivity contribution >= 4 is 13.8 Å². The number of nitrogens with two attached hydrogens (primary N) is 1. The first kappa shape index (κ1) is 53.1. The molecule has 322 valence electrons. The van der Waals surface area contributed by atoms with Gasteiger partial charge in [0.2, 0.25) is 0 Å². The Morgan fingerprint density at radius 1 is 0.556 bits per heavy atom. The highest BCUT2D eigenvalue weighted by atomic mass is 31.2. The number of ether oxygens (including phenoxy) is 2. The third-order valence-corrected chi connectivity index (χ3v) is 11.3. The van der Waals surface area contributed by atoms with Crippen molar-refractivity contribution in [3.05, 3.63) is 12.3 Å². The third-order valence-electron chi connectivity index (χ3n) is 10.3. The lowest BCUT2D eigenvalue weighted by Crippen LogP contribution is -2.25.